The average molecular weight is 422 g/mol. The lowest BCUT2D eigenvalue weighted by Gasteiger charge is -2.12. The van der Waals surface area contributed by atoms with Gasteiger partial charge in [0.05, 0.1) is 11.4 Å². The minimum absolute atomic E-state index is 0.0668. The number of benzene rings is 2. The van der Waals surface area contributed by atoms with Crippen LogP contribution in [0.2, 0.25) is 0 Å². The highest BCUT2D eigenvalue weighted by Crippen LogP contribution is 2.28. The van der Waals surface area contributed by atoms with Crippen LogP contribution in [-0.2, 0) is 16.4 Å². The molecule has 0 aliphatic rings. The number of nitrogens with one attached hydrogen (secondary N) is 1. The molecule has 2 aromatic heterocycles. The topological polar surface area (TPSA) is 72.7 Å². The van der Waals surface area contributed by atoms with Crippen molar-refractivity contribution in [2.24, 2.45) is 0 Å². The van der Waals surface area contributed by atoms with E-state index in [2.05, 4.69) is 16.6 Å². The van der Waals surface area contributed by atoms with Crippen LogP contribution in [0.3, 0.4) is 0 Å². The fraction of sp³-hybridized carbons (Fsp3) is 0.174. The summed E-state index contributed by atoms with van der Waals surface area (Å²) in [7, 11) is -3.59. The molecular formula is C23H23N3O3S. The molecule has 0 amide bonds. The Morgan fingerprint density at radius 1 is 1.00 bits per heavy atom. The van der Waals surface area contributed by atoms with Crippen LogP contribution in [0.15, 0.2) is 79.1 Å². The Labute approximate surface area is 176 Å². The smallest absolute Gasteiger partial charge is 0.236 e. The number of ether oxygens (including phenoxy) is 1. The number of hydrogen-bond acceptors (Lipinski definition) is 4. The second kappa shape index (κ2) is 8.59. The number of nitrogens with zero attached hydrogens (tertiary/aromatic N) is 2. The van der Waals surface area contributed by atoms with Crippen molar-refractivity contribution in [1.82, 2.24) is 9.38 Å². The van der Waals surface area contributed by atoms with Crippen LogP contribution in [-0.4, -0.2) is 30.2 Å². The molecule has 4 aromatic rings. The second-order valence-corrected chi connectivity index (χ2v) is 8.75. The average Bonchev–Trinajstić information content (AvgIpc) is 3.18. The summed E-state index contributed by atoms with van der Waals surface area (Å²) in [6.07, 6.45) is 4.73. The highest BCUT2D eigenvalue weighted by Gasteiger charge is 2.15. The molecule has 0 aliphatic heterocycles. The van der Waals surface area contributed by atoms with Gasteiger partial charge in [-0.2, -0.15) is 0 Å². The van der Waals surface area contributed by atoms with E-state index in [-0.39, 0.29) is 12.4 Å². The number of hydrogen-bond donors (Lipinski definition) is 1. The van der Waals surface area contributed by atoms with E-state index in [1.165, 1.54) is 5.56 Å². The number of pyridine rings is 1. The molecule has 2 aromatic carbocycles. The third-order valence-electron chi connectivity index (χ3n) is 4.78. The number of imidazole rings is 1. The van der Waals surface area contributed by atoms with Crippen molar-refractivity contribution in [2.75, 3.05) is 17.1 Å². The highest BCUT2D eigenvalue weighted by molar-refractivity contribution is 7.92. The maximum absolute atomic E-state index is 12.6. The number of aromatic nitrogens is 2. The molecule has 6 nitrogen and oxygen atoms in total. The summed E-state index contributed by atoms with van der Waals surface area (Å²) in [5.74, 6) is 0.509. The van der Waals surface area contributed by atoms with Crippen molar-refractivity contribution in [2.45, 2.75) is 13.3 Å². The van der Waals surface area contributed by atoms with Gasteiger partial charge in [0.25, 0.3) is 0 Å². The minimum Gasteiger partial charge on any atom is -0.492 e. The summed E-state index contributed by atoms with van der Waals surface area (Å²) in [5.41, 5.74) is 3.92. The summed E-state index contributed by atoms with van der Waals surface area (Å²) in [6, 6.07) is 20.7. The maximum Gasteiger partial charge on any atom is 0.236 e. The standard InChI is InChI=1S/C23H23N3O3S/c1-2-18-10-12-19(13-11-18)29-15-16-30(27,28)25-21-8-4-3-7-20(21)22-17-26-14-6-5-9-23(26)24-22/h3-14,17,25H,2,15-16H2,1H3. The molecule has 0 aliphatic carbocycles. The molecule has 0 atom stereocenters. The third-order valence-corrected chi connectivity index (χ3v) is 6.02. The van der Waals surface area contributed by atoms with Gasteiger partial charge in [0.2, 0.25) is 10.0 Å². The molecule has 0 saturated carbocycles. The fourth-order valence-electron chi connectivity index (χ4n) is 3.17. The van der Waals surface area contributed by atoms with Crippen molar-refractivity contribution in [3.63, 3.8) is 0 Å². The van der Waals surface area contributed by atoms with E-state index in [1.807, 2.05) is 71.4 Å². The van der Waals surface area contributed by atoms with Crippen LogP contribution in [0.1, 0.15) is 12.5 Å². The van der Waals surface area contributed by atoms with Gasteiger partial charge in [0.1, 0.15) is 23.8 Å². The summed E-state index contributed by atoms with van der Waals surface area (Å²) in [6.45, 7) is 2.15. The zero-order valence-corrected chi connectivity index (χ0v) is 17.5. The van der Waals surface area contributed by atoms with Crippen molar-refractivity contribution >= 4 is 21.4 Å². The van der Waals surface area contributed by atoms with Gasteiger partial charge in [0, 0.05) is 18.0 Å². The van der Waals surface area contributed by atoms with E-state index < -0.39 is 10.0 Å². The van der Waals surface area contributed by atoms with E-state index >= 15 is 0 Å². The van der Waals surface area contributed by atoms with Crippen molar-refractivity contribution in [3.05, 3.63) is 84.7 Å². The molecule has 0 spiro atoms. The first kappa shape index (κ1) is 20.0. The van der Waals surface area contributed by atoms with Gasteiger partial charge in [-0.15, -0.1) is 0 Å². The third kappa shape index (κ3) is 4.63. The summed E-state index contributed by atoms with van der Waals surface area (Å²) in [4.78, 5) is 4.59. The van der Waals surface area contributed by atoms with Crippen molar-refractivity contribution in [3.8, 4) is 17.0 Å². The van der Waals surface area contributed by atoms with Crippen LogP contribution in [0.4, 0.5) is 5.69 Å². The van der Waals surface area contributed by atoms with Gasteiger partial charge in [-0.25, -0.2) is 13.4 Å². The molecule has 7 heteroatoms. The molecule has 0 bridgehead atoms. The Kier molecular flexibility index (Phi) is 5.72. The first-order chi connectivity index (χ1) is 14.5. The van der Waals surface area contributed by atoms with Crippen LogP contribution < -0.4 is 9.46 Å². The molecule has 4 rings (SSSR count). The van der Waals surface area contributed by atoms with E-state index in [4.69, 9.17) is 4.74 Å². The number of rotatable bonds is 8. The molecule has 30 heavy (non-hydrogen) atoms. The van der Waals surface area contributed by atoms with Gasteiger partial charge in [0.15, 0.2) is 0 Å². The Hall–Kier alpha value is -3.32. The summed E-state index contributed by atoms with van der Waals surface area (Å²) < 4.78 is 35.4. The van der Waals surface area contributed by atoms with Crippen LogP contribution in [0.5, 0.6) is 5.75 Å². The number of fused-ring (bicyclic) bond motifs is 1. The van der Waals surface area contributed by atoms with Gasteiger partial charge in [-0.1, -0.05) is 43.3 Å². The van der Waals surface area contributed by atoms with Gasteiger partial charge in [-0.3, -0.25) is 4.72 Å². The SMILES string of the molecule is CCc1ccc(OCCS(=O)(=O)Nc2ccccc2-c2cn3ccccc3n2)cc1. The Morgan fingerprint density at radius 3 is 2.53 bits per heavy atom. The lowest BCUT2D eigenvalue weighted by Crippen LogP contribution is -2.21. The van der Waals surface area contributed by atoms with E-state index in [1.54, 1.807) is 12.1 Å². The van der Waals surface area contributed by atoms with Crippen molar-refractivity contribution < 1.29 is 13.2 Å². The molecule has 0 fully saturated rings. The number of anilines is 1. The van der Waals surface area contributed by atoms with Gasteiger partial charge in [-0.05, 0) is 42.3 Å². The second-order valence-electron chi connectivity index (χ2n) is 6.90. The largest absolute Gasteiger partial charge is 0.492 e. The van der Waals surface area contributed by atoms with Gasteiger partial charge >= 0.3 is 0 Å². The van der Waals surface area contributed by atoms with E-state index in [0.29, 0.717) is 17.1 Å². The quantitative estimate of drug-likeness (QED) is 0.458. The fourth-order valence-corrected chi connectivity index (χ4v) is 4.09. The molecular weight excluding hydrogens is 398 g/mol. The predicted octanol–water partition coefficient (Wildman–Crippen LogP) is 4.38. The monoisotopic (exact) mass is 421 g/mol. The van der Waals surface area contributed by atoms with Crippen LogP contribution >= 0.6 is 0 Å². The van der Waals surface area contributed by atoms with Crippen LogP contribution in [0.25, 0.3) is 16.9 Å². The zero-order chi connectivity index (χ0) is 21.0. The summed E-state index contributed by atoms with van der Waals surface area (Å²) >= 11 is 0. The highest BCUT2D eigenvalue weighted by atomic mass is 32.2. The maximum atomic E-state index is 12.6. The first-order valence-electron chi connectivity index (χ1n) is 9.79. The van der Waals surface area contributed by atoms with Crippen molar-refractivity contribution in [1.29, 1.82) is 0 Å². The molecule has 0 radical (unpaired) electrons. The Balaban J connectivity index is 1.46. The molecule has 1 N–H and O–H groups in total. The molecule has 0 saturated heterocycles. The normalized spacial score (nSPS) is 11.5. The Bertz CT molecular complexity index is 1220. The number of para-hydroxylation sites is 1. The van der Waals surface area contributed by atoms with E-state index in [0.717, 1.165) is 17.6 Å². The molecule has 0 unspecified atom stereocenters. The van der Waals surface area contributed by atoms with Gasteiger partial charge < -0.3 is 9.14 Å². The minimum atomic E-state index is -3.59. The number of aryl methyl sites for hydroxylation is 1. The molecule has 154 valence electrons. The zero-order valence-electron chi connectivity index (χ0n) is 16.7. The Morgan fingerprint density at radius 2 is 1.77 bits per heavy atom. The van der Waals surface area contributed by atoms with E-state index in [9.17, 15) is 8.42 Å². The number of sulfonamides is 1. The first-order valence-corrected chi connectivity index (χ1v) is 11.4. The van der Waals surface area contributed by atoms with Crippen LogP contribution in [0, 0.1) is 0 Å². The lowest BCUT2D eigenvalue weighted by molar-refractivity contribution is 0.341. The molecule has 2 heterocycles. The predicted molar refractivity (Wildman–Crippen MR) is 119 cm³/mol. The lowest BCUT2D eigenvalue weighted by atomic mass is 10.1. The summed E-state index contributed by atoms with van der Waals surface area (Å²) in [5, 5.41) is 0.